The Morgan fingerprint density at radius 2 is 1.86 bits per heavy atom. The molecule has 0 bridgehead atoms. The van der Waals surface area contributed by atoms with Crippen molar-refractivity contribution in [1.82, 2.24) is 0 Å². The molecule has 4 heteroatoms. The first-order chi connectivity index (χ1) is 6.47. The smallest absolute Gasteiger partial charge is 0.246 e. The highest BCUT2D eigenvalue weighted by atomic mass is 19.4. The maximum absolute atomic E-state index is 12.3. The quantitative estimate of drug-likeness (QED) is 0.642. The number of hydrogen-bond acceptors (Lipinski definition) is 0. The van der Waals surface area contributed by atoms with Crippen molar-refractivity contribution in [2.75, 3.05) is 0 Å². The van der Waals surface area contributed by atoms with Crippen molar-refractivity contribution < 1.29 is 17.6 Å². The van der Waals surface area contributed by atoms with E-state index in [2.05, 4.69) is 6.58 Å². The van der Waals surface area contributed by atoms with Crippen LogP contribution < -0.4 is 0 Å². The van der Waals surface area contributed by atoms with E-state index in [1.165, 1.54) is 12.1 Å². The van der Waals surface area contributed by atoms with Crippen LogP contribution in [0.5, 0.6) is 0 Å². The Kier molecular flexibility index (Phi) is 2.93. The molecule has 0 unspecified atom stereocenters. The summed E-state index contributed by atoms with van der Waals surface area (Å²) in [6, 6.07) is 3.07. The van der Waals surface area contributed by atoms with Crippen molar-refractivity contribution >= 4 is 6.08 Å². The van der Waals surface area contributed by atoms with Crippen LogP contribution in [0.1, 0.15) is 16.7 Å². The summed E-state index contributed by atoms with van der Waals surface area (Å²) in [5.41, 5.74) is -0.565. The molecule has 0 amide bonds. The van der Waals surface area contributed by atoms with Crippen LogP contribution in [0, 0.1) is 0 Å². The fourth-order valence-corrected chi connectivity index (χ4v) is 1.08. The van der Waals surface area contributed by atoms with Gasteiger partial charge in [-0.1, -0.05) is 12.7 Å². The molecule has 0 aliphatic heterocycles. The van der Waals surface area contributed by atoms with Gasteiger partial charge >= 0.3 is 6.18 Å². The van der Waals surface area contributed by atoms with E-state index in [4.69, 9.17) is 0 Å². The minimum absolute atomic E-state index is 0.00900. The molecule has 1 rings (SSSR count). The van der Waals surface area contributed by atoms with Gasteiger partial charge in [0, 0.05) is 0 Å². The zero-order valence-electron chi connectivity index (χ0n) is 7.24. The van der Waals surface area contributed by atoms with E-state index < -0.39 is 18.4 Å². The van der Waals surface area contributed by atoms with E-state index in [0.717, 1.165) is 12.1 Å². The van der Waals surface area contributed by atoms with Gasteiger partial charge in [0.1, 0.15) is 6.67 Å². The lowest BCUT2D eigenvalue weighted by Crippen LogP contribution is -2.05. The summed E-state index contributed by atoms with van der Waals surface area (Å²) in [6.45, 7) is 2.43. The van der Waals surface area contributed by atoms with Crippen LogP contribution in [0.3, 0.4) is 0 Å². The number of halogens is 4. The van der Waals surface area contributed by atoms with E-state index in [-0.39, 0.29) is 11.1 Å². The molecule has 0 saturated heterocycles. The molecule has 0 atom stereocenters. The van der Waals surface area contributed by atoms with Crippen LogP contribution in [0.2, 0.25) is 0 Å². The van der Waals surface area contributed by atoms with E-state index in [1.807, 2.05) is 0 Å². The monoisotopic (exact) mass is 204 g/mol. The summed E-state index contributed by atoms with van der Waals surface area (Å²) in [4.78, 5) is 0. The second-order valence-corrected chi connectivity index (χ2v) is 2.80. The summed E-state index contributed by atoms with van der Waals surface area (Å²) >= 11 is 0. The SMILES string of the molecule is C=Cc1cc(CF)cc(C(F)(F)F)c1. The number of hydrogen-bond donors (Lipinski definition) is 0. The highest BCUT2D eigenvalue weighted by Gasteiger charge is 2.30. The molecule has 1 aromatic carbocycles. The van der Waals surface area contributed by atoms with Crippen LogP contribution >= 0.6 is 0 Å². The van der Waals surface area contributed by atoms with Gasteiger partial charge in [0.2, 0.25) is 0 Å². The Morgan fingerprint density at radius 3 is 2.29 bits per heavy atom. The summed E-state index contributed by atoms with van der Waals surface area (Å²) < 4.78 is 49.0. The molecule has 14 heavy (non-hydrogen) atoms. The highest BCUT2D eigenvalue weighted by molar-refractivity contribution is 5.50. The molecule has 76 valence electrons. The first-order valence-electron chi connectivity index (χ1n) is 3.87. The predicted molar refractivity (Wildman–Crippen MR) is 46.3 cm³/mol. The molecule has 0 N–H and O–H groups in total. The molecule has 0 heterocycles. The first kappa shape index (κ1) is 10.8. The third-order valence-electron chi connectivity index (χ3n) is 1.73. The summed E-state index contributed by atoms with van der Waals surface area (Å²) in [6.07, 6.45) is -3.18. The Morgan fingerprint density at radius 1 is 1.21 bits per heavy atom. The van der Waals surface area contributed by atoms with Gasteiger partial charge in [0.05, 0.1) is 5.56 Å². The van der Waals surface area contributed by atoms with Crippen LogP contribution in [-0.2, 0) is 12.9 Å². The fraction of sp³-hybridized carbons (Fsp3) is 0.200. The normalized spacial score (nSPS) is 11.4. The Labute approximate surface area is 78.9 Å². The van der Waals surface area contributed by atoms with Gasteiger partial charge in [-0.2, -0.15) is 13.2 Å². The molecule has 0 aliphatic rings. The van der Waals surface area contributed by atoms with Crippen molar-refractivity contribution in [3.63, 3.8) is 0 Å². The Hall–Kier alpha value is -1.32. The zero-order valence-corrected chi connectivity index (χ0v) is 7.24. The van der Waals surface area contributed by atoms with Gasteiger partial charge < -0.3 is 0 Å². The average molecular weight is 204 g/mol. The summed E-state index contributed by atoms with van der Waals surface area (Å²) in [7, 11) is 0. The minimum atomic E-state index is -4.44. The third kappa shape index (κ3) is 2.34. The molecule has 0 aromatic heterocycles. The van der Waals surface area contributed by atoms with E-state index >= 15 is 0 Å². The molecule has 0 nitrogen and oxygen atoms in total. The largest absolute Gasteiger partial charge is 0.416 e. The molecular weight excluding hydrogens is 196 g/mol. The second-order valence-electron chi connectivity index (χ2n) is 2.80. The van der Waals surface area contributed by atoms with Gasteiger partial charge in [0.25, 0.3) is 0 Å². The lowest BCUT2D eigenvalue weighted by Gasteiger charge is -2.08. The minimum Gasteiger partial charge on any atom is -0.246 e. The van der Waals surface area contributed by atoms with Crippen molar-refractivity contribution in [2.45, 2.75) is 12.9 Å². The molecule has 0 fully saturated rings. The van der Waals surface area contributed by atoms with E-state index in [9.17, 15) is 17.6 Å². The lowest BCUT2D eigenvalue weighted by atomic mass is 10.1. The van der Waals surface area contributed by atoms with E-state index in [1.54, 1.807) is 0 Å². The van der Waals surface area contributed by atoms with Crippen molar-refractivity contribution in [2.24, 2.45) is 0 Å². The molecule has 0 spiro atoms. The van der Waals surface area contributed by atoms with Gasteiger partial charge in [-0.3, -0.25) is 0 Å². The van der Waals surface area contributed by atoms with Crippen molar-refractivity contribution in [3.05, 3.63) is 41.5 Å². The molecular formula is C10H8F4. The lowest BCUT2D eigenvalue weighted by molar-refractivity contribution is -0.137. The van der Waals surface area contributed by atoms with Crippen LogP contribution in [0.4, 0.5) is 17.6 Å². The molecule has 0 aliphatic carbocycles. The summed E-state index contributed by atoms with van der Waals surface area (Å²) in [5, 5.41) is 0. The summed E-state index contributed by atoms with van der Waals surface area (Å²) in [5.74, 6) is 0. The number of alkyl halides is 4. The Balaban J connectivity index is 3.24. The third-order valence-corrected chi connectivity index (χ3v) is 1.73. The highest BCUT2D eigenvalue weighted by Crippen LogP contribution is 2.31. The van der Waals surface area contributed by atoms with Gasteiger partial charge in [-0.25, -0.2) is 4.39 Å². The maximum atomic E-state index is 12.3. The first-order valence-corrected chi connectivity index (χ1v) is 3.87. The molecule has 1 aromatic rings. The molecule has 0 saturated carbocycles. The van der Waals surface area contributed by atoms with Crippen LogP contribution in [0.25, 0.3) is 6.08 Å². The Bertz CT molecular complexity index is 338. The van der Waals surface area contributed by atoms with Gasteiger partial charge in [-0.15, -0.1) is 0 Å². The van der Waals surface area contributed by atoms with E-state index in [0.29, 0.717) is 0 Å². The number of rotatable bonds is 2. The van der Waals surface area contributed by atoms with Gasteiger partial charge in [0.15, 0.2) is 0 Å². The second kappa shape index (κ2) is 3.82. The fourth-order valence-electron chi connectivity index (χ4n) is 1.08. The zero-order chi connectivity index (χ0) is 10.8. The van der Waals surface area contributed by atoms with Crippen molar-refractivity contribution in [3.8, 4) is 0 Å². The van der Waals surface area contributed by atoms with Crippen LogP contribution in [-0.4, -0.2) is 0 Å². The average Bonchev–Trinajstić information content (AvgIpc) is 2.15. The van der Waals surface area contributed by atoms with Gasteiger partial charge in [-0.05, 0) is 29.3 Å². The standard InChI is InChI=1S/C10H8F4/c1-2-7-3-8(6-11)5-9(4-7)10(12,13)14/h2-5H,1,6H2. The topological polar surface area (TPSA) is 0 Å². The van der Waals surface area contributed by atoms with Crippen molar-refractivity contribution in [1.29, 1.82) is 0 Å². The number of benzene rings is 1. The molecule has 0 radical (unpaired) electrons. The van der Waals surface area contributed by atoms with Crippen LogP contribution in [0.15, 0.2) is 24.8 Å². The maximum Gasteiger partial charge on any atom is 0.416 e. The predicted octanol–water partition coefficient (Wildman–Crippen LogP) is 3.82.